The number of nitrogens with zero attached hydrogens (tertiary/aromatic N) is 2. The smallest absolute Gasteiger partial charge is 0.298 e. The second kappa shape index (κ2) is 7.26. The van der Waals surface area contributed by atoms with Gasteiger partial charge >= 0.3 is 5.51 Å². The van der Waals surface area contributed by atoms with E-state index in [0.29, 0.717) is 10.8 Å². The van der Waals surface area contributed by atoms with Gasteiger partial charge in [0.1, 0.15) is 0 Å². The third-order valence-electron chi connectivity index (χ3n) is 3.59. The molecule has 0 radical (unpaired) electrons. The Bertz CT molecular complexity index is 1130. The van der Waals surface area contributed by atoms with Crippen molar-refractivity contribution in [2.24, 2.45) is 0 Å². The summed E-state index contributed by atoms with van der Waals surface area (Å²) in [4.78, 5) is 20.9. The minimum absolute atomic E-state index is 0.00249. The van der Waals surface area contributed by atoms with Gasteiger partial charge in [0.15, 0.2) is 5.13 Å². The molecule has 0 aliphatic rings. The summed E-state index contributed by atoms with van der Waals surface area (Å²) in [6.07, 6.45) is 0. The molecule has 0 spiro atoms. The number of aromatic nitrogens is 2. The van der Waals surface area contributed by atoms with Crippen LogP contribution in [0.2, 0.25) is 0 Å². The molecule has 1 amide bonds. The van der Waals surface area contributed by atoms with Crippen LogP contribution in [0.3, 0.4) is 0 Å². The molecule has 0 aliphatic carbocycles. The van der Waals surface area contributed by atoms with Gasteiger partial charge < -0.3 is 0 Å². The van der Waals surface area contributed by atoms with Crippen LogP contribution in [0.15, 0.2) is 34.5 Å². The zero-order valence-corrected chi connectivity index (χ0v) is 16.8. The normalized spacial score (nSPS) is 12.2. The summed E-state index contributed by atoms with van der Waals surface area (Å²) in [7, 11) is -5.45. The molecule has 1 aromatic carbocycles. The van der Waals surface area contributed by atoms with Crippen LogP contribution in [0.1, 0.15) is 21.1 Å². The number of alkyl halides is 3. The topological polar surface area (TPSA) is 89.0 Å². The second-order valence-electron chi connectivity index (χ2n) is 5.61. The van der Waals surface area contributed by atoms with E-state index in [-0.39, 0.29) is 5.56 Å². The fourth-order valence-corrected chi connectivity index (χ4v) is 4.71. The van der Waals surface area contributed by atoms with Gasteiger partial charge in [-0.05, 0) is 38.1 Å². The largest absolute Gasteiger partial charge is 0.501 e. The number of benzene rings is 1. The van der Waals surface area contributed by atoms with Crippen molar-refractivity contribution in [2.75, 3.05) is 5.32 Å². The number of carbonyl (C=O) groups is 1. The van der Waals surface area contributed by atoms with Crippen molar-refractivity contribution >= 4 is 43.5 Å². The van der Waals surface area contributed by atoms with Crippen molar-refractivity contribution in [3.63, 3.8) is 0 Å². The molecular formula is C16H12F3N3O3S3. The summed E-state index contributed by atoms with van der Waals surface area (Å²) in [5.41, 5.74) is -3.91. The zero-order chi connectivity index (χ0) is 20.7. The predicted molar refractivity (Wildman–Crippen MR) is 100 cm³/mol. The first-order valence-corrected chi connectivity index (χ1v) is 10.8. The number of rotatable bonds is 4. The number of sulfone groups is 1. The molecule has 0 atom stereocenters. The van der Waals surface area contributed by atoms with Crippen LogP contribution in [0.4, 0.5) is 18.3 Å². The Kier molecular flexibility index (Phi) is 5.30. The van der Waals surface area contributed by atoms with E-state index in [9.17, 15) is 26.4 Å². The third kappa shape index (κ3) is 3.93. The quantitative estimate of drug-likeness (QED) is 0.639. The van der Waals surface area contributed by atoms with Crippen LogP contribution in [-0.4, -0.2) is 29.8 Å². The summed E-state index contributed by atoms with van der Waals surface area (Å²) >= 11 is 2.66. The SMILES string of the molecule is Cc1nc(C)c(-c2csc(NC(=O)c3ccc(S(=O)(=O)C(F)(F)F)cc3)n2)s1. The van der Waals surface area contributed by atoms with Crippen LogP contribution in [0.25, 0.3) is 10.6 Å². The number of amides is 1. The molecule has 0 unspecified atom stereocenters. The van der Waals surface area contributed by atoms with Crippen LogP contribution >= 0.6 is 22.7 Å². The summed E-state index contributed by atoms with van der Waals surface area (Å²) < 4.78 is 60.4. The van der Waals surface area contributed by atoms with Crippen LogP contribution in [-0.2, 0) is 9.84 Å². The van der Waals surface area contributed by atoms with Crippen LogP contribution in [0.5, 0.6) is 0 Å². The highest BCUT2D eigenvalue weighted by atomic mass is 32.2. The minimum Gasteiger partial charge on any atom is -0.298 e. The molecule has 0 fully saturated rings. The van der Waals surface area contributed by atoms with Gasteiger partial charge in [-0.1, -0.05) is 0 Å². The van der Waals surface area contributed by atoms with Crippen molar-refractivity contribution in [2.45, 2.75) is 24.3 Å². The van der Waals surface area contributed by atoms with E-state index in [1.54, 1.807) is 5.38 Å². The highest BCUT2D eigenvalue weighted by Gasteiger charge is 2.46. The van der Waals surface area contributed by atoms with E-state index in [1.807, 2.05) is 13.8 Å². The van der Waals surface area contributed by atoms with Gasteiger partial charge in [0.25, 0.3) is 15.7 Å². The molecule has 0 saturated carbocycles. The van der Waals surface area contributed by atoms with E-state index in [4.69, 9.17) is 0 Å². The Morgan fingerprint density at radius 2 is 1.75 bits per heavy atom. The summed E-state index contributed by atoms with van der Waals surface area (Å²) in [5.74, 6) is -0.617. The summed E-state index contributed by atoms with van der Waals surface area (Å²) in [5, 5.41) is 5.49. The number of hydrogen-bond acceptors (Lipinski definition) is 7. The molecular weight excluding hydrogens is 435 g/mol. The van der Waals surface area contributed by atoms with Crippen molar-refractivity contribution < 1.29 is 26.4 Å². The average molecular weight is 447 g/mol. The number of anilines is 1. The van der Waals surface area contributed by atoms with Crippen LogP contribution in [0, 0.1) is 13.8 Å². The van der Waals surface area contributed by atoms with E-state index in [1.165, 1.54) is 22.7 Å². The molecule has 3 aromatic rings. The Morgan fingerprint density at radius 1 is 1.11 bits per heavy atom. The maximum atomic E-state index is 12.6. The molecule has 0 saturated heterocycles. The predicted octanol–water partition coefficient (Wildman–Crippen LogP) is 4.43. The van der Waals surface area contributed by atoms with Gasteiger partial charge in [0.05, 0.1) is 26.2 Å². The fourth-order valence-electron chi connectivity index (χ4n) is 2.29. The Morgan fingerprint density at radius 3 is 2.29 bits per heavy atom. The van der Waals surface area contributed by atoms with E-state index >= 15 is 0 Å². The van der Waals surface area contributed by atoms with Gasteiger partial charge in [0, 0.05) is 10.9 Å². The molecule has 148 valence electrons. The number of aryl methyl sites for hydroxylation is 2. The highest BCUT2D eigenvalue weighted by Crippen LogP contribution is 2.32. The third-order valence-corrected chi connectivity index (χ3v) is 6.95. The molecule has 0 bridgehead atoms. The van der Waals surface area contributed by atoms with Crippen molar-refractivity contribution in [1.29, 1.82) is 0 Å². The summed E-state index contributed by atoms with van der Waals surface area (Å²) in [6, 6.07) is 3.52. The first-order chi connectivity index (χ1) is 13.0. The minimum atomic E-state index is -5.45. The highest BCUT2D eigenvalue weighted by molar-refractivity contribution is 7.92. The molecule has 1 N–H and O–H groups in total. The van der Waals surface area contributed by atoms with Crippen LogP contribution < -0.4 is 5.32 Å². The molecule has 0 aliphatic heterocycles. The number of thiazole rings is 2. The van der Waals surface area contributed by atoms with Crippen molar-refractivity contribution in [1.82, 2.24) is 9.97 Å². The van der Waals surface area contributed by atoms with Gasteiger partial charge in [-0.2, -0.15) is 13.2 Å². The van der Waals surface area contributed by atoms with Crippen molar-refractivity contribution in [3.8, 4) is 10.6 Å². The molecule has 28 heavy (non-hydrogen) atoms. The second-order valence-corrected chi connectivity index (χ2v) is 9.62. The molecule has 12 heteroatoms. The first-order valence-electron chi connectivity index (χ1n) is 7.62. The lowest BCUT2D eigenvalue weighted by Crippen LogP contribution is -2.23. The van der Waals surface area contributed by atoms with Gasteiger partial charge in [-0.25, -0.2) is 18.4 Å². The van der Waals surface area contributed by atoms with E-state index in [2.05, 4.69) is 15.3 Å². The molecule has 6 nitrogen and oxygen atoms in total. The van der Waals surface area contributed by atoms with E-state index in [0.717, 1.165) is 39.8 Å². The number of carbonyl (C=O) groups excluding carboxylic acids is 1. The molecule has 2 aromatic heterocycles. The standard InChI is InChI=1S/C16H12F3N3O3S3/c1-8-13(27-9(2)20-8)12-7-26-15(21-12)22-14(23)10-3-5-11(6-4-10)28(24,25)16(17,18)19/h3-7H,1-2H3,(H,21,22,23). The van der Waals surface area contributed by atoms with Gasteiger partial charge in [-0.3, -0.25) is 10.1 Å². The van der Waals surface area contributed by atoms with Crippen molar-refractivity contribution in [3.05, 3.63) is 45.9 Å². The summed E-state index contributed by atoms with van der Waals surface area (Å²) in [6.45, 7) is 3.73. The lowest BCUT2D eigenvalue weighted by atomic mass is 10.2. The average Bonchev–Trinajstić information content (AvgIpc) is 3.19. The number of halogens is 3. The Labute approximate surface area is 166 Å². The zero-order valence-electron chi connectivity index (χ0n) is 14.4. The molecule has 3 rings (SSSR count). The Balaban J connectivity index is 1.76. The first kappa shape index (κ1) is 20.4. The number of nitrogens with one attached hydrogen (secondary N) is 1. The lowest BCUT2D eigenvalue weighted by Gasteiger charge is -2.08. The maximum absolute atomic E-state index is 12.6. The lowest BCUT2D eigenvalue weighted by molar-refractivity contribution is -0.0436. The fraction of sp³-hybridized carbons (Fsp3) is 0.188. The number of hydrogen-bond donors (Lipinski definition) is 1. The van der Waals surface area contributed by atoms with Gasteiger partial charge in [0.2, 0.25) is 0 Å². The Hall–Kier alpha value is -2.31. The van der Waals surface area contributed by atoms with Gasteiger partial charge in [-0.15, -0.1) is 22.7 Å². The maximum Gasteiger partial charge on any atom is 0.501 e. The molecule has 2 heterocycles. The van der Waals surface area contributed by atoms with E-state index < -0.39 is 26.1 Å². The monoisotopic (exact) mass is 447 g/mol.